The molecule has 0 spiro atoms. The van der Waals surface area contributed by atoms with E-state index in [1.165, 1.54) is 11.3 Å². The number of hydrogen-bond acceptors (Lipinski definition) is 9. The third-order valence-electron chi connectivity index (χ3n) is 4.94. The van der Waals surface area contributed by atoms with Crippen LogP contribution in [0.25, 0.3) is 0 Å². The molecule has 206 valence electrons. The maximum absolute atomic E-state index is 10.6. The van der Waals surface area contributed by atoms with Crippen LogP contribution in [0.15, 0.2) is 17.8 Å². The molecule has 2 aliphatic rings. The Morgan fingerprint density at radius 1 is 1.08 bits per heavy atom. The maximum atomic E-state index is 10.6. The average Bonchev–Trinajstić information content (AvgIpc) is 3.36. The SMILES string of the molecule is O=C(O)C(F)(F)F.O=C(O)C(F)(F)F.c1csc(CNC2CCc3nc(N4CCOCC4)ncc3C2)n1. The number of nitrogens with one attached hydrogen (secondary N) is 1. The van der Waals surface area contributed by atoms with Crippen molar-refractivity contribution in [1.82, 2.24) is 20.3 Å². The van der Waals surface area contributed by atoms with Crippen LogP contribution in [0.1, 0.15) is 22.7 Å². The van der Waals surface area contributed by atoms with Gasteiger partial charge in [0.15, 0.2) is 0 Å². The predicted molar refractivity (Wildman–Crippen MR) is 117 cm³/mol. The summed E-state index contributed by atoms with van der Waals surface area (Å²) >= 11 is 1.70. The van der Waals surface area contributed by atoms with Crippen molar-refractivity contribution in [3.05, 3.63) is 34.0 Å². The topological polar surface area (TPSA) is 138 Å². The van der Waals surface area contributed by atoms with Crippen LogP contribution in [0.2, 0.25) is 0 Å². The van der Waals surface area contributed by atoms with Crippen molar-refractivity contribution in [2.75, 3.05) is 31.2 Å². The maximum Gasteiger partial charge on any atom is 0.490 e. The zero-order valence-electron chi connectivity index (χ0n) is 19.1. The molecule has 0 aromatic carbocycles. The van der Waals surface area contributed by atoms with Crippen molar-refractivity contribution in [2.45, 2.75) is 44.2 Å². The molecule has 1 fully saturated rings. The average molecular weight is 559 g/mol. The minimum Gasteiger partial charge on any atom is -0.475 e. The van der Waals surface area contributed by atoms with Gasteiger partial charge in [0.05, 0.1) is 13.2 Å². The first kappa shape index (κ1) is 30.2. The normalized spacial score (nSPS) is 17.5. The van der Waals surface area contributed by atoms with Gasteiger partial charge in [-0.25, -0.2) is 24.5 Å². The summed E-state index contributed by atoms with van der Waals surface area (Å²) in [5, 5.41) is 21.0. The highest BCUT2D eigenvalue weighted by Gasteiger charge is 2.38. The molecule has 1 atom stereocenters. The van der Waals surface area contributed by atoms with Crippen LogP contribution in [0.3, 0.4) is 0 Å². The molecule has 37 heavy (non-hydrogen) atoms. The number of rotatable bonds is 4. The number of aromatic nitrogens is 3. The van der Waals surface area contributed by atoms with Gasteiger partial charge in [0.2, 0.25) is 5.95 Å². The molecule has 1 aliphatic carbocycles. The van der Waals surface area contributed by atoms with Crippen molar-refractivity contribution in [2.24, 2.45) is 0 Å². The van der Waals surface area contributed by atoms with Gasteiger partial charge in [-0.1, -0.05) is 0 Å². The number of hydrogen-bond donors (Lipinski definition) is 3. The number of halogens is 6. The standard InChI is InChI=1S/C16H21N5OS.2C2HF3O2/c1-2-14-12(9-13(1)18-11-15-17-3-8-23-15)10-19-16(20-14)21-4-6-22-7-5-21;2*3-2(4,5)1(6)7/h3,8,10,13,18H,1-2,4-7,9,11H2;2*(H,6,7). The van der Waals surface area contributed by atoms with Gasteiger partial charge in [0, 0.05) is 49.1 Å². The summed E-state index contributed by atoms with van der Waals surface area (Å²) in [5.41, 5.74) is 2.50. The molecule has 3 heterocycles. The quantitative estimate of drug-likeness (QED) is 0.480. The van der Waals surface area contributed by atoms with Gasteiger partial charge in [-0.05, 0) is 24.8 Å². The molecule has 0 bridgehead atoms. The van der Waals surface area contributed by atoms with E-state index in [1.807, 2.05) is 17.8 Å². The second kappa shape index (κ2) is 13.5. The van der Waals surface area contributed by atoms with Gasteiger partial charge in [-0.2, -0.15) is 26.3 Å². The monoisotopic (exact) mass is 559 g/mol. The third-order valence-corrected chi connectivity index (χ3v) is 5.72. The number of carboxylic acids is 2. The number of carboxylic acid groups (broad SMARTS) is 2. The molecule has 2 aromatic rings. The minimum atomic E-state index is -5.08. The fourth-order valence-electron chi connectivity index (χ4n) is 3.16. The Morgan fingerprint density at radius 3 is 2.19 bits per heavy atom. The molecule has 1 saturated heterocycles. The van der Waals surface area contributed by atoms with Crippen molar-refractivity contribution in [3.8, 4) is 0 Å². The van der Waals surface area contributed by atoms with Gasteiger partial charge in [-0.3, -0.25) is 0 Å². The molecule has 0 radical (unpaired) electrons. The number of morpholine rings is 1. The molecule has 17 heteroatoms. The number of anilines is 1. The Kier molecular flexibility index (Phi) is 11.0. The molecule has 0 amide bonds. The summed E-state index contributed by atoms with van der Waals surface area (Å²) in [7, 11) is 0. The summed E-state index contributed by atoms with van der Waals surface area (Å²) in [6.07, 6.45) is -3.14. The molecule has 1 unspecified atom stereocenters. The summed E-state index contributed by atoms with van der Waals surface area (Å²) in [5.74, 6) is -4.65. The lowest BCUT2D eigenvalue weighted by Gasteiger charge is -2.29. The van der Waals surface area contributed by atoms with E-state index in [0.717, 1.165) is 63.1 Å². The smallest absolute Gasteiger partial charge is 0.475 e. The van der Waals surface area contributed by atoms with Crippen molar-refractivity contribution in [3.63, 3.8) is 0 Å². The van der Waals surface area contributed by atoms with Crippen LogP contribution in [0.5, 0.6) is 0 Å². The Bertz CT molecular complexity index is 992. The predicted octanol–water partition coefficient (Wildman–Crippen LogP) is 2.68. The van der Waals surface area contributed by atoms with Crippen molar-refractivity contribution in [1.29, 1.82) is 0 Å². The van der Waals surface area contributed by atoms with Gasteiger partial charge < -0.3 is 25.2 Å². The first-order valence-corrected chi connectivity index (χ1v) is 11.5. The summed E-state index contributed by atoms with van der Waals surface area (Å²) < 4.78 is 68.9. The first-order chi connectivity index (χ1) is 17.3. The van der Waals surface area contributed by atoms with Gasteiger partial charge in [0.1, 0.15) is 5.01 Å². The Hall–Kier alpha value is -3.05. The Labute approximate surface area is 210 Å². The van der Waals surface area contributed by atoms with E-state index in [-0.39, 0.29) is 0 Å². The van der Waals surface area contributed by atoms with Gasteiger partial charge >= 0.3 is 24.3 Å². The summed E-state index contributed by atoms with van der Waals surface area (Å²) in [6, 6.07) is 0.490. The lowest BCUT2D eigenvalue weighted by Crippen LogP contribution is -2.38. The van der Waals surface area contributed by atoms with E-state index in [9.17, 15) is 26.3 Å². The van der Waals surface area contributed by atoms with E-state index in [1.54, 1.807) is 11.3 Å². The largest absolute Gasteiger partial charge is 0.490 e. The molecular weight excluding hydrogens is 536 g/mol. The van der Waals surface area contributed by atoms with Crippen LogP contribution in [-0.2, 0) is 33.7 Å². The van der Waals surface area contributed by atoms with Crippen LogP contribution < -0.4 is 10.2 Å². The zero-order chi connectivity index (χ0) is 27.6. The molecule has 2 aromatic heterocycles. The van der Waals surface area contributed by atoms with Crippen molar-refractivity contribution < 1.29 is 50.9 Å². The van der Waals surface area contributed by atoms with Crippen LogP contribution >= 0.6 is 11.3 Å². The highest BCUT2D eigenvalue weighted by atomic mass is 32.1. The molecule has 3 N–H and O–H groups in total. The number of aliphatic carboxylic acids is 2. The molecule has 4 rings (SSSR count). The molecule has 0 saturated carbocycles. The number of aryl methyl sites for hydroxylation is 1. The lowest BCUT2D eigenvalue weighted by molar-refractivity contribution is -0.193. The summed E-state index contributed by atoms with van der Waals surface area (Å²) in [4.78, 5) is 33.7. The number of nitrogens with zero attached hydrogens (tertiary/aromatic N) is 4. The fourth-order valence-corrected chi connectivity index (χ4v) is 3.73. The van der Waals surface area contributed by atoms with Crippen LogP contribution in [0, 0.1) is 0 Å². The van der Waals surface area contributed by atoms with Gasteiger partial charge in [0.25, 0.3) is 0 Å². The molecule has 1 aliphatic heterocycles. The van der Waals surface area contributed by atoms with E-state index >= 15 is 0 Å². The van der Waals surface area contributed by atoms with Gasteiger partial charge in [-0.15, -0.1) is 11.3 Å². The Morgan fingerprint density at radius 2 is 1.68 bits per heavy atom. The number of alkyl halides is 6. The highest BCUT2D eigenvalue weighted by Crippen LogP contribution is 2.22. The first-order valence-electron chi connectivity index (χ1n) is 10.7. The second-order valence-corrected chi connectivity index (χ2v) is 8.57. The molecule has 10 nitrogen and oxygen atoms in total. The van der Waals surface area contributed by atoms with Crippen LogP contribution in [0.4, 0.5) is 32.3 Å². The van der Waals surface area contributed by atoms with E-state index < -0.39 is 24.3 Å². The number of fused-ring (bicyclic) bond motifs is 1. The van der Waals surface area contributed by atoms with Crippen LogP contribution in [-0.4, -0.2) is 81.8 Å². The highest BCUT2D eigenvalue weighted by molar-refractivity contribution is 7.09. The second-order valence-electron chi connectivity index (χ2n) is 7.59. The van der Waals surface area contributed by atoms with E-state index in [2.05, 4.69) is 20.2 Å². The lowest BCUT2D eigenvalue weighted by atomic mass is 9.93. The van der Waals surface area contributed by atoms with Crippen molar-refractivity contribution >= 4 is 29.2 Å². The summed E-state index contributed by atoms with van der Waals surface area (Å²) in [6.45, 7) is 4.16. The third kappa shape index (κ3) is 10.5. The minimum absolute atomic E-state index is 0.490. The van der Waals surface area contributed by atoms with E-state index in [4.69, 9.17) is 29.5 Å². The zero-order valence-corrected chi connectivity index (χ0v) is 19.9. The number of thiazole rings is 1. The molecular formula is C20H23F6N5O5S. The fraction of sp³-hybridized carbons (Fsp3) is 0.550. The Balaban J connectivity index is 0.000000286. The van der Waals surface area contributed by atoms with E-state index in [0.29, 0.717) is 6.04 Å². The number of ether oxygens (including phenoxy) is 1. The number of carbonyl (C=O) groups is 2.